The van der Waals surface area contributed by atoms with Crippen LogP contribution in [0.15, 0.2) is 11.6 Å². The number of aliphatic hydroxyl groups is 4. The molecule has 1 heterocycles. The molecule has 1 aliphatic heterocycles. The van der Waals surface area contributed by atoms with E-state index in [-0.39, 0.29) is 35.2 Å². The van der Waals surface area contributed by atoms with E-state index in [4.69, 9.17) is 9.47 Å². The predicted molar refractivity (Wildman–Crippen MR) is 167 cm³/mol. The van der Waals surface area contributed by atoms with Crippen LogP contribution in [-0.2, 0) is 19.1 Å². The maximum Gasteiger partial charge on any atom is 0.314 e. The summed E-state index contributed by atoms with van der Waals surface area (Å²) in [4.78, 5) is 26.8. The Morgan fingerprint density at radius 3 is 2.20 bits per heavy atom. The number of aliphatic hydroxyl groups excluding tert-OH is 4. The second-order valence-electron chi connectivity index (χ2n) is 17.2. The number of hydrogen-bond acceptors (Lipinski definition) is 8. The lowest BCUT2D eigenvalue weighted by Gasteiger charge is -2.70. The summed E-state index contributed by atoms with van der Waals surface area (Å²) in [6, 6.07) is 0. The van der Waals surface area contributed by atoms with Gasteiger partial charge in [0.25, 0.3) is 0 Å². The van der Waals surface area contributed by atoms with Crippen molar-refractivity contribution in [1.82, 2.24) is 0 Å². The lowest BCUT2D eigenvalue weighted by atomic mass is 9.33. The molecule has 6 rings (SSSR count). The molecule has 5 fully saturated rings. The van der Waals surface area contributed by atoms with Gasteiger partial charge in [-0.25, -0.2) is 0 Å². The van der Waals surface area contributed by atoms with Crippen LogP contribution in [-0.4, -0.2) is 86.0 Å². The molecule has 0 spiro atoms. The first-order valence-corrected chi connectivity index (χ1v) is 17.6. The van der Waals surface area contributed by atoms with E-state index >= 15 is 0 Å². The number of allylic oxidation sites excluding steroid dienone is 1. The average Bonchev–Trinajstić information content (AvgIpc) is 2.99. The van der Waals surface area contributed by atoms with Crippen molar-refractivity contribution in [2.24, 2.45) is 56.7 Å². The monoisotopic (exact) mass is 648 g/mol. The quantitative estimate of drug-likeness (QED) is 0.189. The minimum Gasteiger partial charge on any atom is -0.481 e. The van der Waals surface area contributed by atoms with Crippen LogP contribution in [0.1, 0.15) is 99.3 Å². The number of ether oxygens (including phenoxy) is 2. The molecule has 0 aromatic heterocycles. The highest BCUT2D eigenvalue weighted by Crippen LogP contribution is 2.76. The molecule has 10 nitrogen and oxygen atoms in total. The summed E-state index contributed by atoms with van der Waals surface area (Å²) in [7, 11) is 0. The van der Waals surface area contributed by atoms with Crippen LogP contribution in [0.25, 0.3) is 0 Å². The lowest BCUT2D eigenvalue weighted by Crippen LogP contribution is -2.68. The van der Waals surface area contributed by atoms with E-state index < -0.39 is 70.9 Å². The van der Waals surface area contributed by atoms with E-state index in [0.717, 1.165) is 31.3 Å². The third-order valence-corrected chi connectivity index (χ3v) is 15.3. The Kier molecular flexibility index (Phi) is 8.38. The number of carbonyl (C=O) groups is 2. The highest BCUT2D eigenvalue weighted by molar-refractivity contribution is 5.84. The van der Waals surface area contributed by atoms with Crippen LogP contribution >= 0.6 is 0 Å². The van der Waals surface area contributed by atoms with Gasteiger partial charge in [0.1, 0.15) is 24.4 Å². The van der Waals surface area contributed by atoms with Crippen LogP contribution < -0.4 is 0 Å². The van der Waals surface area contributed by atoms with E-state index in [1.807, 2.05) is 0 Å². The van der Waals surface area contributed by atoms with E-state index in [1.54, 1.807) is 0 Å². The minimum atomic E-state index is -1.51. The van der Waals surface area contributed by atoms with E-state index in [1.165, 1.54) is 0 Å². The molecule has 0 aromatic carbocycles. The van der Waals surface area contributed by atoms with Crippen LogP contribution in [0.2, 0.25) is 0 Å². The number of rotatable bonds is 5. The molecule has 5 aliphatic carbocycles. The molecule has 0 amide bonds. The Labute approximate surface area is 272 Å². The third kappa shape index (κ3) is 4.35. The maximum absolute atomic E-state index is 13.8. The topological polar surface area (TPSA) is 174 Å². The Bertz CT molecular complexity index is 1260. The molecule has 15 unspecified atom stereocenters. The van der Waals surface area contributed by atoms with Crippen molar-refractivity contribution in [3.63, 3.8) is 0 Å². The molecule has 6 N–H and O–H groups in total. The second kappa shape index (κ2) is 11.2. The van der Waals surface area contributed by atoms with Crippen molar-refractivity contribution in [2.45, 2.75) is 136 Å². The van der Waals surface area contributed by atoms with Gasteiger partial charge in [0.2, 0.25) is 0 Å². The zero-order valence-corrected chi connectivity index (χ0v) is 28.3. The summed E-state index contributed by atoms with van der Waals surface area (Å²) in [6.07, 6.45) is 0.942. The fourth-order valence-corrected chi connectivity index (χ4v) is 12.6. The summed E-state index contributed by atoms with van der Waals surface area (Å²) in [6.45, 7) is 12.6. The molecule has 0 radical (unpaired) electrons. The minimum absolute atomic E-state index is 0.0692. The van der Waals surface area contributed by atoms with E-state index in [0.29, 0.717) is 38.0 Å². The van der Waals surface area contributed by atoms with Crippen LogP contribution in [0.5, 0.6) is 0 Å². The van der Waals surface area contributed by atoms with Gasteiger partial charge in [0.15, 0.2) is 6.29 Å². The van der Waals surface area contributed by atoms with Crippen molar-refractivity contribution in [3.05, 3.63) is 11.6 Å². The van der Waals surface area contributed by atoms with Crippen LogP contribution in [0.4, 0.5) is 0 Å². The van der Waals surface area contributed by atoms with Crippen LogP contribution in [0.3, 0.4) is 0 Å². The zero-order valence-electron chi connectivity index (χ0n) is 28.3. The molecular weight excluding hydrogens is 592 g/mol. The molecule has 0 bridgehead atoms. The zero-order chi connectivity index (χ0) is 33.8. The summed E-state index contributed by atoms with van der Waals surface area (Å²) in [5.74, 6) is -1.24. The average molecular weight is 649 g/mol. The molecule has 46 heavy (non-hydrogen) atoms. The fourth-order valence-electron chi connectivity index (χ4n) is 12.6. The van der Waals surface area contributed by atoms with Crippen LogP contribution in [0, 0.1) is 56.7 Å². The molecule has 260 valence electrons. The largest absolute Gasteiger partial charge is 0.481 e. The van der Waals surface area contributed by atoms with Gasteiger partial charge in [-0.3, -0.25) is 9.59 Å². The smallest absolute Gasteiger partial charge is 0.314 e. The van der Waals surface area contributed by atoms with E-state index in [2.05, 4.69) is 47.6 Å². The third-order valence-electron chi connectivity index (χ3n) is 15.3. The van der Waals surface area contributed by atoms with Gasteiger partial charge in [0, 0.05) is 0 Å². The first kappa shape index (κ1) is 34.3. The first-order chi connectivity index (χ1) is 21.4. The number of fused-ring (bicyclic) bond motifs is 7. The van der Waals surface area contributed by atoms with Crippen molar-refractivity contribution in [1.29, 1.82) is 0 Å². The molecule has 15 atom stereocenters. The Hall–Kier alpha value is -1.56. The summed E-state index contributed by atoms with van der Waals surface area (Å²) >= 11 is 0. The number of carboxylic acids is 2. The summed E-state index contributed by atoms with van der Waals surface area (Å²) in [5, 5.41) is 63.0. The van der Waals surface area contributed by atoms with Gasteiger partial charge >= 0.3 is 11.9 Å². The lowest BCUT2D eigenvalue weighted by molar-refractivity contribution is -0.330. The Balaban J connectivity index is 1.34. The van der Waals surface area contributed by atoms with Gasteiger partial charge < -0.3 is 40.1 Å². The van der Waals surface area contributed by atoms with Gasteiger partial charge in [0.05, 0.1) is 23.5 Å². The SMILES string of the molecule is CC1CCC2(C(=O)O)CCC3(C(=O)O)C(=CCC4C5(C)CCC(OC6OC(CO)C(O)C(O)C6O)C(C)(C)C5CCC43C)C2C1C. The molecule has 10 heteroatoms. The molecule has 4 saturated carbocycles. The van der Waals surface area contributed by atoms with Crippen molar-refractivity contribution >= 4 is 11.9 Å². The predicted octanol–water partition coefficient (Wildman–Crippen LogP) is 3.98. The van der Waals surface area contributed by atoms with E-state index in [9.17, 15) is 40.2 Å². The van der Waals surface area contributed by atoms with Gasteiger partial charge in [-0.1, -0.05) is 53.2 Å². The molecule has 6 aliphatic rings. The van der Waals surface area contributed by atoms with Crippen molar-refractivity contribution in [2.75, 3.05) is 6.61 Å². The Morgan fingerprint density at radius 2 is 1.57 bits per heavy atom. The molecule has 1 saturated heterocycles. The van der Waals surface area contributed by atoms with Gasteiger partial charge in [-0.05, 0) is 104 Å². The first-order valence-electron chi connectivity index (χ1n) is 17.6. The number of hydrogen-bond donors (Lipinski definition) is 6. The van der Waals surface area contributed by atoms with Crippen molar-refractivity contribution < 1.29 is 49.7 Å². The molecular formula is C36H56O10. The second-order valence-corrected chi connectivity index (χ2v) is 17.2. The van der Waals surface area contributed by atoms with Gasteiger partial charge in [-0.2, -0.15) is 0 Å². The standard InChI is InChI=1S/C36H56O10/c1-18-9-14-35(30(41)42)15-16-36(31(43)44)20(25(35)19(18)2)7-8-23-33(5)12-11-24(32(3,4)22(33)10-13-34(23,36)6)46-29-28(40)27(39)26(38)21(17-37)45-29/h7,18-19,21-29,37-40H,8-17H2,1-6H3,(H,41,42)(H,43,44). The highest BCUT2D eigenvalue weighted by atomic mass is 16.7. The van der Waals surface area contributed by atoms with Gasteiger partial charge in [-0.15, -0.1) is 0 Å². The van der Waals surface area contributed by atoms with Crippen molar-refractivity contribution in [3.8, 4) is 0 Å². The summed E-state index contributed by atoms with van der Waals surface area (Å²) < 4.78 is 12.1. The normalized spacial score (nSPS) is 53.1. The highest BCUT2D eigenvalue weighted by Gasteiger charge is 2.73. The molecule has 0 aromatic rings. The fraction of sp³-hybridized carbons (Fsp3) is 0.889. The summed E-state index contributed by atoms with van der Waals surface area (Å²) in [5.41, 5.74) is -2.32. The maximum atomic E-state index is 13.8. The number of carboxylic acid groups (broad SMARTS) is 2. The number of aliphatic carboxylic acids is 2. The Morgan fingerprint density at radius 1 is 0.870 bits per heavy atom.